The average molecular weight is 412 g/mol. The van der Waals surface area contributed by atoms with Gasteiger partial charge in [0.25, 0.3) is 11.8 Å². The highest BCUT2D eigenvalue weighted by molar-refractivity contribution is 7.80. The first kappa shape index (κ1) is 19.7. The van der Waals surface area contributed by atoms with Gasteiger partial charge in [-0.25, -0.2) is 4.98 Å². The van der Waals surface area contributed by atoms with Crippen LogP contribution >= 0.6 is 12.6 Å². The maximum Gasteiger partial charge on any atom is 0.274 e. The second-order valence-electron chi connectivity index (χ2n) is 5.56. The molecule has 0 fully saturated rings. The van der Waals surface area contributed by atoms with E-state index in [1.165, 1.54) is 30.3 Å². The molecule has 0 bridgehead atoms. The second kappa shape index (κ2) is 8.79. The van der Waals surface area contributed by atoms with Gasteiger partial charge < -0.3 is 15.2 Å². The number of aromatic nitrogens is 1. The molecule has 1 heterocycles. The van der Waals surface area contributed by atoms with E-state index in [0.717, 1.165) is 0 Å². The normalized spacial score (nSPS) is 11.5. The highest BCUT2D eigenvalue weighted by Gasteiger charge is 2.15. The van der Waals surface area contributed by atoms with Crippen LogP contribution in [0.25, 0.3) is 0 Å². The molecule has 1 aromatic heterocycles. The van der Waals surface area contributed by atoms with Gasteiger partial charge in [0.2, 0.25) is 0 Å². The lowest BCUT2D eigenvalue weighted by atomic mass is 10.2. The summed E-state index contributed by atoms with van der Waals surface area (Å²) in [5.74, 6) is -1.14. The standard InChI is InChI=1S/C19H15N3O4S2/c23-18(21-12-6-1-3-10-16(12)27)14-8-5-9-15(20-14)19(24)22-13-7-2-4-11-17(13)28(25)26/h1-11,27H,(H,21,23)(H,22,24)(H,25,26)/p-1. The first-order valence-electron chi connectivity index (χ1n) is 8.02. The van der Waals surface area contributed by atoms with Crippen LogP contribution in [0.5, 0.6) is 0 Å². The van der Waals surface area contributed by atoms with E-state index < -0.39 is 22.9 Å². The van der Waals surface area contributed by atoms with Gasteiger partial charge in [-0.2, -0.15) is 0 Å². The Morgan fingerprint density at radius 1 is 0.821 bits per heavy atom. The molecule has 28 heavy (non-hydrogen) atoms. The van der Waals surface area contributed by atoms with Crippen LogP contribution in [0.2, 0.25) is 0 Å². The van der Waals surface area contributed by atoms with Crippen molar-refractivity contribution >= 4 is 46.9 Å². The lowest BCUT2D eigenvalue weighted by Gasteiger charge is -2.13. The van der Waals surface area contributed by atoms with Crippen molar-refractivity contribution in [1.29, 1.82) is 0 Å². The molecule has 9 heteroatoms. The molecule has 0 saturated heterocycles. The van der Waals surface area contributed by atoms with Crippen molar-refractivity contribution in [3.63, 3.8) is 0 Å². The van der Waals surface area contributed by atoms with Crippen molar-refractivity contribution < 1.29 is 18.4 Å². The number of carbonyl (C=O) groups is 2. The first-order chi connectivity index (χ1) is 13.5. The van der Waals surface area contributed by atoms with Crippen LogP contribution in [0.3, 0.4) is 0 Å². The lowest BCUT2D eigenvalue weighted by Crippen LogP contribution is -2.19. The number of pyridine rings is 1. The number of carbonyl (C=O) groups excluding carboxylic acids is 2. The van der Waals surface area contributed by atoms with Crippen LogP contribution in [0, 0.1) is 0 Å². The van der Waals surface area contributed by atoms with Gasteiger partial charge in [0.15, 0.2) is 0 Å². The molecule has 0 aliphatic rings. The molecule has 0 aliphatic heterocycles. The summed E-state index contributed by atoms with van der Waals surface area (Å²) in [7, 11) is 0. The molecule has 1 unspecified atom stereocenters. The van der Waals surface area contributed by atoms with Gasteiger partial charge in [-0.05, 0) is 47.5 Å². The first-order valence-corrected chi connectivity index (χ1v) is 9.54. The van der Waals surface area contributed by atoms with Crippen LogP contribution in [-0.2, 0) is 11.1 Å². The highest BCUT2D eigenvalue weighted by Crippen LogP contribution is 2.20. The molecular formula is C19H14N3O4S2-. The molecule has 0 radical (unpaired) electrons. The minimum atomic E-state index is -2.51. The largest absolute Gasteiger partial charge is 0.768 e. The summed E-state index contributed by atoms with van der Waals surface area (Å²) in [6, 6.07) is 17.3. The van der Waals surface area contributed by atoms with Gasteiger partial charge in [0.1, 0.15) is 11.4 Å². The molecule has 2 N–H and O–H groups in total. The Morgan fingerprint density at radius 2 is 1.36 bits per heavy atom. The van der Waals surface area contributed by atoms with Gasteiger partial charge in [0.05, 0.1) is 11.4 Å². The summed E-state index contributed by atoms with van der Waals surface area (Å²) in [4.78, 5) is 29.5. The van der Waals surface area contributed by atoms with Crippen molar-refractivity contribution in [2.45, 2.75) is 9.79 Å². The van der Waals surface area contributed by atoms with E-state index in [1.807, 2.05) is 0 Å². The van der Waals surface area contributed by atoms with Crippen LogP contribution in [0.4, 0.5) is 11.4 Å². The maximum absolute atomic E-state index is 12.5. The third-order valence-corrected chi connectivity index (χ3v) is 4.79. The predicted molar refractivity (Wildman–Crippen MR) is 107 cm³/mol. The fraction of sp³-hybridized carbons (Fsp3) is 0. The SMILES string of the molecule is O=C(Nc1ccccc1S)c1cccc(C(=O)Nc2ccccc2S(=O)[O-])n1. The number of hydrogen-bond acceptors (Lipinski definition) is 6. The van der Waals surface area contributed by atoms with E-state index in [4.69, 9.17) is 0 Å². The summed E-state index contributed by atoms with van der Waals surface area (Å²) < 4.78 is 22.5. The maximum atomic E-state index is 12.5. The quantitative estimate of drug-likeness (QED) is 0.440. The van der Waals surface area contributed by atoms with Crippen molar-refractivity contribution in [2.75, 3.05) is 10.6 Å². The number of hydrogen-bond donors (Lipinski definition) is 3. The Balaban J connectivity index is 1.79. The van der Waals surface area contributed by atoms with E-state index in [9.17, 15) is 18.4 Å². The number of thiol groups is 1. The smallest absolute Gasteiger partial charge is 0.274 e. The van der Waals surface area contributed by atoms with Crippen molar-refractivity contribution in [3.8, 4) is 0 Å². The number of anilines is 2. The van der Waals surface area contributed by atoms with E-state index in [-0.39, 0.29) is 22.0 Å². The molecule has 3 rings (SSSR count). The molecular weight excluding hydrogens is 398 g/mol. The number of benzene rings is 2. The second-order valence-corrected chi connectivity index (χ2v) is 6.96. The van der Waals surface area contributed by atoms with Gasteiger partial charge in [-0.3, -0.25) is 13.8 Å². The number of para-hydroxylation sites is 2. The Labute approximate surface area is 168 Å². The van der Waals surface area contributed by atoms with Crippen LogP contribution in [0.1, 0.15) is 21.0 Å². The summed E-state index contributed by atoms with van der Waals surface area (Å²) in [6.07, 6.45) is 0. The number of amides is 2. The molecule has 2 aromatic carbocycles. The minimum Gasteiger partial charge on any atom is -0.768 e. The monoisotopic (exact) mass is 412 g/mol. The topological polar surface area (TPSA) is 111 Å². The highest BCUT2D eigenvalue weighted by atomic mass is 32.2. The average Bonchev–Trinajstić information content (AvgIpc) is 2.70. The Kier molecular flexibility index (Phi) is 6.19. The number of nitrogens with one attached hydrogen (secondary N) is 2. The Morgan fingerprint density at radius 3 is 1.96 bits per heavy atom. The number of rotatable bonds is 5. The summed E-state index contributed by atoms with van der Waals surface area (Å²) >= 11 is 1.76. The van der Waals surface area contributed by atoms with Crippen molar-refractivity contribution in [3.05, 3.63) is 78.1 Å². The zero-order valence-electron chi connectivity index (χ0n) is 14.3. The van der Waals surface area contributed by atoms with Gasteiger partial charge in [-0.1, -0.05) is 30.3 Å². The van der Waals surface area contributed by atoms with Crippen molar-refractivity contribution in [2.24, 2.45) is 0 Å². The molecule has 0 aliphatic carbocycles. The van der Waals surface area contributed by atoms with E-state index >= 15 is 0 Å². The molecule has 3 aromatic rings. The van der Waals surface area contributed by atoms with E-state index in [0.29, 0.717) is 10.6 Å². The number of nitrogens with zero attached hydrogens (tertiary/aromatic N) is 1. The Hall–Kier alpha value is -3.01. The van der Waals surface area contributed by atoms with Gasteiger partial charge in [-0.15, -0.1) is 12.6 Å². The third kappa shape index (κ3) is 4.63. The summed E-state index contributed by atoms with van der Waals surface area (Å²) in [5.41, 5.74) is 0.643. The fourth-order valence-electron chi connectivity index (χ4n) is 2.35. The zero-order chi connectivity index (χ0) is 20.1. The molecule has 2 amide bonds. The van der Waals surface area contributed by atoms with Crippen LogP contribution in [-0.4, -0.2) is 25.6 Å². The molecule has 7 nitrogen and oxygen atoms in total. The molecule has 0 saturated carbocycles. The van der Waals surface area contributed by atoms with Crippen molar-refractivity contribution in [1.82, 2.24) is 4.98 Å². The van der Waals surface area contributed by atoms with E-state index in [1.54, 1.807) is 36.4 Å². The molecule has 0 spiro atoms. The fourth-order valence-corrected chi connectivity index (χ4v) is 3.06. The molecule has 142 valence electrons. The predicted octanol–water partition coefficient (Wildman–Crippen LogP) is 3.11. The summed E-state index contributed by atoms with van der Waals surface area (Å²) in [6.45, 7) is 0. The summed E-state index contributed by atoms with van der Waals surface area (Å²) in [5, 5.41) is 5.17. The zero-order valence-corrected chi connectivity index (χ0v) is 16.0. The Bertz CT molecular complexity index is 1070. The van der Waals surface area contributed by atoms with Crippen LogP contribution in [0.15, 0.2) is 76.5 Å². The lowest BCUT2D eigenvalue weighted by molar-refractivity contribution is 0.101. The van der Waals surface area contributed by atoms with E-state index in [2.05, 4.69) is 28.2 Å². The minimum absolute atomic E-state index is 0.0294. The third-order valence-electron chi connectivity index (χ3n) is 3.68. The van der Waals surface area contributed by atoms with Gasteiger partial charge in [0, 0.05) is 9.79 Å². The van der Waals surface area contributed by atoms with Gasteiger partial charge >= 0.3 is 0 Å². The van der Waals surface area contributed by atoms with Crippen LogP contribution < -0.4 is 10.6 Å². The molecule has 1 atom stereocenters.